The summed E-state index contributed by atoms with van der Waals surface area (Å²) in [4.78, 5) is 29.0. The standard InChI is InChI=1S/C31H39N3O5S/c1-6-24(4)32-31(36)27(7-2)33(21-25-19-17-23(3)18-20-25)30(35)22-34(28-15-11-12-16-29(28)39-5)40(37,38)26-13-9-8-10-14-26/h8-20,24,27H,6-7,21-22H2,1-5H3,(H,32,36). The SMILES string of the molecule is CCC(C)NC(=O)C(CC)N(Cc1ccc(C)cc1)C(=O)CN(c1ccccc1OC)S(=O)(=O)c1ccccc1. The maximum atomic E-state index is 14.1. The number of para-hydroxylation sites is 2. The quantitative estimate of drug-likeness (QED) is 0.317. The second-order valence-electron chi connectivity index (χ2n) is 9.75. The van der Waals surface area contributed by atoms with E-state index >= 15 is 0 Å². The Balaban J connectivity index is 2.08. The molecule has 214 valence electrons. The number of hydrogen-bond acceptors (Lipinski definition) is 5. The minimum absolute atomic E-state index is 0.0420. The van der Waals surface area contributed by atoms with Crippen molar-refractivity contribution in [1.82, 2.24) is 10.2 Å². The first kappa shape index (κ1) is 30.7. The number of benzene rings is 3. The number of amides is 2. The first-order valence-corrected chi connectivity index (χ1v) is 14.9. The predicted octanol–water partition coefficient (Wildman–Crippen LogP) is 4.92. The van der Waals surface area contributed by atoms with Gasteiger partial charge in [0.2, 0.25) is 11.8 Å². The highest BCUT2D eigenvalue weighted by Crippen LogP contribution is 2.32. The topological polar surface area (TPSA) is 96.0 Å². The summed E-state index contributed by atoms with van der Waals surface area (Å²) in [6, 6.07) is 21.5. The number of nitrogens with one attached hydrogen (secondary N) is 1. The van der Waals surface area contributed by atoms with Crippen LogP contribution < -0.4 is 14.4 Å². The van der Waals surface area contributed by atoms with E-state index in [-0.39, 0.29) is 29.1 Å². The van der Waals surface area contributed by atoms with E-state index in [0.29, 0.717) is 12.2 Å². The zero-order chi connectivity index (χ0) is 29.3. The number of ether oxygens (including phenoxy) is 1. The Kier molecular flexibility index (Phi) is 10.7. The molecule has 0 saturated carbocycles. The molecule has 0 heterocycles. The molecule has 2 amide bonds. The van der Waals surface area contributed by atoms with Gasteiger partial charge in [-0.2, -0.15) is 0 Å². The molecular weight excluding hydrogens is 526 g/mol. The molecule has 0 aliphatic heterocycles. The first-order chi connectivity index (χ1) is 19.1. The van der Waals surface area contributed by atoms with Crippen molar-refractivity contribution >= 4 is 27.5 Å². The van der Waals surface area contributed by atoms with Crippen LogP contribution >= 0.6 is 0 Å². The minimum Gasteiger partial charge on any atom is -0.495 e. The summed E-state index contributed by atoms with van der Waals surface area (Å²) in [5.74, 6) is -0.467. The fraction of sp³-hybridized carbons (Fsp3) is 0.355. The molecule has 2 atom stereocenters. The van der Waals surface area contributed by atoms with Gasteiger partial charge in [0, 0.05) is 12.6 Å². The lowest BCUT2D eigenvalue weighted by Gasteiger charge is -2.34. The van der Waals surface area contributed by atoms with Crippen molar-refractivity contribution in [3.8, 4) is 5.75 Å². The Morgan fingerprint density at radius 3 is 2.12 bits per heavy atom. The van der Waals surface area contributed by atoms with Crippen molar-refractivity contribution in [2.24, 2.45) is 0 Å². The van der Waals surface area contributed by atoms with E-state index in [9.17, 15) is 18.0 Å². The summed E-state index contributed by atoms with van der Waals surface area (Å²) in [7, 11) is -2.72. The fourth-order valence-corrected chi connectivity index (χ4v) is 5.77. The average Bonchev–Trinajstić information content (AvgIpc) is 2.96. The molecule has 0 aliphatic rings. The lowest BCUT2D eigenvalue weighted by molar-refractivity contribution is -0.140. The van der Waals surface area contributed by atoms with E-state index < -0.39 is 28.5 Å². The van der Waals surface area contributed by atoms with Crippen LogP contribution in [0.5, 0.6) is 5.75 Å². The Morgan fingerprint density at radius 1 is 0.900 bits per heavy atom. The van der Waals surface area contributed by atoms with Gasteiger partial charge in [0.15, 0.2) is 0 Å². The molecular formula is C31H39N3O5S. The smallest absolute Gasteiger partial charge is 0.264 e. The van der Waals surface area contributed by atoms with Gasteiger partial charge in [-0.25, -0.2) is 8.42 Å². The molecule has 0 radical (unpaired) electrons. The lowest BCUT2D eigenvalue weighted by Crippen LogP contribution is -2.53. The van der Waals surface area contributed by atoms with Crippen molar-refractivity contribution in [1.29, 1.82) is 0 Å². The number of sulfonamides is 1. The van der Waals surface area contributed by atoms with Crippen molar-refractivity contribution in [3.05, 3.63) is 90.0 Å². The monoisotopic (exact) mass is 565 g/mol. The van der Waals surface area contributed by atoms with Crippen LogP contribution in [0, 0.1) is 6.92 Å². The number of aryl methyl sites for hydroxylation is 1. The second kappa shape index (κ2) is 14.0. The Bertz CT molecular complexity index is 1380. The molecule has 8 nitrogen and oxygen atoms in total. The first-order valence-electron chi connectivity index (χ1n) is 13.5. The molecule has 1 N–H and O–H groups in total. The molecule has 3 aromatic rings. The van der Waals surface area contributed by atoms with Gasteiger partial charge in [0.05, 0.1) is 17.7 Å². The van der Waals surface area contributed by atoms with Crippen molar-refractivity contribution < 1.29 is 22.7 Å². The molecule has 40 heavy (non-hydrogen) atoms. The van der Waals surface area contributed by atoms with Crippen molar-refractivity contribution in [3.63, 3.8) is 0 Å². The maximum Gasteiger partial charge on any atom is 0.264 e. The number of hydrogen-bond donors (Lipinski definition) is 1. The molecule has 0 aliphatic carbocycles. The van der Waals surface area contributed by atoms with E-state index in [0.717, 1.165) is 21.9 Å². The number of carbonyl (C=O) groups is 2. The van der Waals surface area contributed by atoms with Gasteiger partial charge in [-0.15, -0.1) is 0 Å². The summed E-state index contributed by atoms with van der Waals surface area (Å²) in [5.41, 5.74) is 2.14. The van der Waals surface area contributed by atoms with Crippen molar-refractivity contribution in [2.75, 3.05) is 18.0 Å². The predicted molar refractivity (Wildman–Crippen MR) is 158 cm³/mol. The van der Waals surface area contributed by atoms with Crippen molar-refractivity contribution in [2.45, 2.75) is 64.1 Å². The highest BCUT2D eigenvalue weighted by Gasteiger charge is 2.34. The molecule has 0 aromatic heterocycles. The summed E-state index contributed by atoms with van der Waals surface area (Å²) < 4.78 is 34.4. The summed E-state index contributed by atoms with van der Waals surface area (Å²) in [6.07, 6.45) is 1.10. The highest BCUT2D eigenvalue weighted by atomic mass is 32.2. The minimum atomic E-state index is -4.16. The number of carbonyl (C=O) groups excluding carboxylic acids is 2. The van der Waals surface area contributed by atoms with Gasteiger partial charge in [-0.3, -0.25) is 13.9 Å². The largest absolute Gasteiger partial charge is 0.495 e. The Hall–Kier alpha value is -3.85. The molecule has 9 heteroatoms. The molecule has 0 bridgehead atoms. The van der Waals surface area contributed by atoms with E-state index in [1.165, 1.54) is 24.1 Å². The van der Waals surface area contributed by atoms with Gasteiger partial charge >= 0.3 is 0 Å². The molecule has 0 saturated heterocycles. The van der Waals surface area contributed by atoms with E-state index in [1.807, 2.05) is 52.0 Å². The molecule has 0 fully saturated rings. The van der Waals surface area contributed by atoms with Crippen LogP contribution in [-0.4, -0.2) is 50.9 Å². The van der Waals surface area contributed by atoms with Crippen LogP contribution in [0.25, 0.3) is 0 Å². The average molecular weight is 566 g/mol. The lowest BCUT2D eigenvalue weighted by atomic mass is 10.1. The summed E-state index contributed by atoms with van der Waals surface area (Å²) in [5, 5.41) is 2.99. The third kappa shape index (κ3) is 7.41. The van der Waals surface area contributed by atoms with E-state index in [2.05, 4.69) is 5.32 Å². The highest BCUT2D eigenvalue weighted by molar-refractivity contribution is 7.92. The number of anilines is 1. The van der Waals surface area contributed by atoms with E-state index in [4.69, 9.17) is 4.74 Å². The number of rotatable bonds is 13. The summed E-state index contributed by atoms with van der Waals surface area (Å²) >= 11 is 0. The van der Waals surface area contributed by atoms with Gasteiger partial charge in [0.1, 0.15) is 18.3 Å². The fourth-order valence-electron chi connectivity index (χ4n) is 4.32. The molecule has 3 aromatic carbocycles. The molecule has 2 unspecified atom stereocenters. The number of methoxy groups -OCH3 is 1. The Morgan fingerprint density at radius 2 is 1.52 bits per heavy atom. The zero-order valence-corrected chi connectivity index (χ0v) is 24.6. The van der Waals surface area contributed by atoms with E-state index in [1.54, 1.807) is 42.5 Å². The summed E-state index contributed by atoms with van der Waals surface area (Å²) in [6.45, 7) is 7.33. The third-order valence-corrected chi connectivity index (χ3v) is 8.60. The van der Waals surface area contributed by atoms with Gasteiger partial charge in [-0.05, 0) is 56.5 Å². The Labute approximate surface area is 238 Å². The van der Waals surface area contributed by atoms with Crippen LogP contribution in [0.3, 0.4) is 0 Å². The van der Waals surface area contributed by atoms with Gasteiger partial charge < -0.3 is 15.0 Å². The van der Waals surface area contributed by atoms with Gasteiger partial charge in [0.25, 0.3) is 10.0 Å². The zero-order valence-electron chi connectivity index (χ0n) is 23.8. The van der Waals surface area contributed by atoms with Crippen LogP contribution in [0.1, 0.15) is 44.7 Å². The van der Waals surface area contributed by atoms with Crippen LogP contribution in [-0.2, 0) is 26.2 Å². The van der Waals surface area contributed by atoms with Gasteiger partial charge in [-0.1, -0.05) is 74.0 Å². The second-order valence-corrected chi connectivity index (χ2v) is 11.6. The molecule has 3 rings (SSSR count). The third-order valence-electron chi connectivity index (χ3n) is 6.82. The van der Waals surface area contributed by atoms with Crippen LogP contribution in [0.2, 0.25) is 0 Å². The maximum absolute atomic E-state index is 14.1. The number of nitrogens with zero attached hydrogens (tertiary/aromatic N) is 2. The normalized spacial score (nSPS) is 12.7. The van der Waals surface area contributed by atoms with Crippen LogP contribution in [0.4, 0.5) is 5.69 Å². The molecule has 0 spiro atoms. The van der Waals surface area contributed by atoms with Crippen LogP contribution in [0.15, 0.2) is 83.8 Å².